The van der Waals surface area contributed by atoms with Gasteiger partial charge in [-0.25, -0.2) is 0 Å². The molecule has 0 amide bonds. The van der Waals surface area contributed by atoms with Crippen molar-refractivity contribution in [3.05, 3.63) is 28.3 Å². The molecule has 1 aliphatic rings. The Morgan fingerprint density at radius 1 is 1.56 bits per heavy atom. The highest BCUT2D eigenvalue weighted by Crippen LogP contribution is 2.30. The minimum atomic E-state index is -0.475. The second-order valence-electron chi connectivity index (χ2n) is 4.61. The summed E-state index contributed by atoms with van der Waals surface area (Å²) in [6, 6.07) is 4.83. The number of hydrogen-bond donors (Lipinski definition) is 2. The summed E-state index contributed by atoms with van der Waals surface area (Å²) in [7, 11) is 0. The summed E-state index contributed by atoms with van der Waals surface area (Å²) < 4.78 is 0. The van der Waals surface area contributed by atoms with Gasteiger partial charge in [-0.15, -0.1) is 0 Å². The van der Waals surface area contributed by atoms with Crippen molar-refractivity contribution < 1.29 is 10.0 Å². The van der Waals surface area contributed by atoms with Crippen molar-refractivity contribution in [2.24, 2.45) is 5.92 Å². The van der Waals surface area contributed by atoms with E-state index in [4.69, 9.17) is 10.8 Å². The number of hydrogen-bond acceptors (Lipinski definition) is 5. The molecule has 0 aromatic heterocycles. The summed E-state index contributed by atoms with van der Waals surface area (Å²) in [5.74, 6) is 0.492. The quantitative estimate of drug-likeness (QED) is 0.479. The number of benzene rings is 1. The van der Waals surface area contributed by atoms with Crippen molar-refractivity contribution >= 4 is 17.1 Å². The first kappa shape index (κ1) is 12.6. The molecule has 1 heterocycles. The summed E-state index contributed by atoms with van der Waals surface area (Å²) in [6.07, 6.45) is 1.84. The highest BCUT2D eigenvalue weighted by Gasteiger charge is 2.23. The molecule has 98 valence electrons. The van der Waals surface area contributed by atoms with Gasteiger partial charge in [-0.1, -0.05) is 0 Å². The molecule has 0 spiro atoms. The zero-order chi connectivity index (χ0) is 13.1. The van der Waals surface area contributed by atoms with Crippen LogP contribution in [-0.4, -0.2) is 29.7 Å². The lowest BCUT2D eigenvalue weighted by Gasteiger charge is -2.18. The zero-order valence-corrected chi connectivity index (χ0v) is 10.1. The molecule has 2 rings (SSSR count). The van der Waals surface area contributed by atoms with Crippen LogP contribution in [0, 0.1) is 16.0 Å². The molecule has 1 fully saturated rings. The molecule has 0 radical (unpaired) electrons. The monoisotopic (exact) mass is 251 g/mol. The Labute approximate surface area is 105 Å². The van der Waals surface area contributed by atoms with Gasteiger partial charge in [0.05, 0.1) is 4.92 Å². The maximum Gasteiger partial charge on any atom is 0.292 e. The van der Waals surface area contributed by atoms with Gasteiger partial charge in [0.2, 0.25) is 0 Å². The largest absolute Gasteiger partial charge is 0.396 e. The van der Waals surface area contributed by atoms with Crippen LogP contribution in [0.5, 0.6) is 0 Å². The molecule has 1 aliphatic heterocycles. The van der Waals surface area contributed by atoms with E-state index >= 15 is 0 Å². The van der Waals surface area contributed by atoms with Crippen LogP contribution >= 0.6 is 0 Å². The maximum atomic E-state index is 10.7. The molecule has 1 unspecified atom stereocenters. The maximum absolute atomic E-state index is 10.7. The second kappa shape index (κ2) is 5.22. The molecule has 0 aliphatic carbocycles. The van der Waals surface area contributed by atoms with E-state index in [0.29, 0.717) is 5.92 Å². The first-order valence-corrected chi connectivity index (χ1v) is 6.01. The van der Waals surface area contributed by atoms with Crippen molar-refractivity contribution in [2.75, 3.05) is 30.3 Å². The SMILES string of the molecule is Nc1cc(N2CCC(CCO)C2)ccc1[N+](=O)[O-]. The first-order chi connectivity index (χ1) is 8.61. The first-order valence-electron chi connectivity index (χ1n) is 6.01. The predicted octanol–water partition coefficient (Wildman–Crippen LogP) is 1.39. The molecule has 3 N–H and O–H groups in total. The number of aliphatic hydroxyl groups excluding tert-OH is 1. The lowest BCUT2D eigenvalue weighted by atomic mass is 10.1. The molecule has 1 atom stereocenters. The lowest BCUT2D eigenvalue weighted by Crippen LogP contribution is -2.20. The van der Waals surface area contributed by atoms with E-state index in [9.17, 15) is 10.1 Å². The van der Waals surface area contributed by atoms with Crippen LogP contribution in [0.2, 0.25) is 0 Å². The molecule has 6 nitrogen and oxygen atoms in total. The van der Waals surface area contributed by atoms with Gasteiger partial charge in [0.15, 0.2) is 0 Å². The van der Waals surface area contributed by atoms with Crippen molar-refractivity contribution in [3.8, 4) is 0 Å². The van der Waals surface area contributed by atoms with Crippen molar-refractivity contribution in [2.45, 2.75) is 12.8 Å². The van der Waals surface area contributed by atoms with Crippen molar-refractivity contribution in [1.82, 2.24) is 0 Å². The molecular formula is C12H17N3O3. The number of rotatable bonds is 4. The average molecular weight is 251 g/mol. The Morgan fingerprint density at radius 2 is 2.33 bits per heavy atom. The summed E-state index contributed by atoms with van der Waals surface area (Å²) in [5, 5.41) is 19.6. The minimum absolute atomic E-state index is 0.0511. The van der Waals surface area contributed by atoms with E-state index in [2.05, 4.69) is 4.90 Å². The summed E-state index contributed by atoms with van der Waals surface area (Å²) >= 11 is 0. The van der Waals surface area contributed by atoms with Crippen molar-refractivity contribution in [1.29, 1.82) is 0 Å². The van der Waals surface area contributed by atoms with E-state index in [-0.39, 0.29) is 18.0 Å². The van der Waals surface area contributed by atoms with Gasteiger partial charge >= 0.3 is 0 Å². The number of nitro benzene ring substituents is 1. The second-order valence-corrected chi connectivity index (χ2v) is 4.61. The Hall–Kier alpha value is -1.82. The number of nitrogens with two attached hydrogens (primary N) is 1. The molecule has 1 saturated heterocycles. The molecule has 0 saturated carbocycles. The zero-order valence-electron chi connectivity index (χ0n) is 10.1. The van der Waals surface area contributed by atoms with Gasteiger partial charge in [-0.3, -0.25) is 10.1 Å². The fraction of sp³-hybridized carbons (Fsp3) is 0.500. The Kier molecular flexibility index (Phi) is 3.66. The van der Waals surface area contributed by atoms with Gasteiger partial charge in [0.25, 0.3) is 5.69 Å². The third-order valence-electron chi connectivity index (χ3n) is 3.40. The van der Waals surface area contributed by atoms with Crippen molar-refractivity contribution in [3.63, 3.8) is 0 Å². The number of nitrogen functional groups attached to an aromatic ring is 1. The molecular weight excluding hydrogens is 234 g/mol. The normalized spacial score (nSPS) is 19.2. The minimum Gasteiger partial charge on any atom is -0.396 e. The summed E-state index contributed by atoms with van der Waals surface area (Å²) in [6.45, 7) is 1.99. The number of anilines is 2. The smallest absolute Gasteiger partial charge is 0.292 e. The fourth-order valence-corrected chi connectivity index (χ4v) is 2.39. The highest BCUT2D eigenvalue weighted by molar-refractivity contribution is 5.66. The fourth-order valence-electron chi connectivity index (χ4n) is 2.39. The number of nitro groups is 1. The van der Waals surface area contributed by atoms with Crippen LogP contribution in [0.4, 0.5) is 17.1 Å². The van der Waals surface area contributed by atoms with Crippen LogP contribution in [0.1, 0.15) is 12.8 Å². The van der Waals surface area contributed by atoms with Crippen LogP contribution in [0.25, 0.3) is 0 Å². The molecule has 1 aromatic carbocycles. The predicted molar refractivity (Wildman–Crippen MR) is 69.5 cm³/mol. The lowest BCUT2D eigenvalue weighted by molar-refractivity contribution is -0.383. The standard InChI is InChI=1S/C12H17N3O3/c13-11-7-10(1-2-12(11)15(17)18)14-5-3-9(8-14)4-6-16/h1-2,7,9,16H,3-6,8,13H2. The third kappa shape index (κ3) is 2.53. The average Bonchev–Trinajstić information content (AvgIpc) is 2.77. The third-order valence-corrected chi connectivity index (χ3v) is 3.40. The highest BCUT2D eigenvalue weighted by atomic mass is 16.6. The van der Waals surface area contributed by atoms with Crippen LogP contribution in [0.15, 0.2) is 18.2 Å². The van der Waals surface area contributed by atoms with Gasteiger partial charge in [0, 0.05) is 31.5 Å². The van der Waals surface area contributed by atoms with Gasteiger partial charge in [-0.05, 0) is 30.9 Å². The van der Waals surface area contributed by atoms with E-state index in [1.54, 1.807) is 12.1 Å². The van der Waals surface area contributed by atoms with E-state index < -0.39 is 4.92 Å². The Morgan fingerprint density at radius 3 is 2.94 bits per heavy atom. The van der Waals surface area contributed by atoms with Gasteiger partial charge in [0.1, 0.15) is 5.69 Å². The van der Waals surface area contributed by atoms with E-state index in [1.165, 1.54) is 6.07 Å². The van der Waals surface area contributed by atoms with Crippen LogP contribution in [0.3, 0.4) is 0 Å². The molecule has 0 bridgehead atoms. The molecule has 6 heteroatoms. The summed E-state index contributed by atoms with van der Waals surface area (Å²) in [5.41, 5.74) is 6.74. The van der Waals surface area contributed by atoms with Gasteiger partial charge < -0.3 is 15.7 Å². The van der Waals surface area contributed by atoms with Crippen LogP contribution in [-0.2, 0) is 0 Å². The molecule has 18 heavy (non-hydrogen) atoms. The number of nitrogens with zero attached hydrogens (tertiary/aromatic N) is 2. The van der Waals surface area contributed by atoms with E-state index in [1.807, 2.05) is 0 Å². The van der Waals surface area contributed by atoms with E-state index in [0.717, 1.165) is 31.6 Å². The van der Waals surface area contributed by atoms with Gasteiger partial charge in [-0.2, -0.15) is 0 Å². The van der Waals surface area contributed by atoms with Crippen LogP contribution < -0.4 is 10.6 Å². The molecule has 1 aromatic rings. The number of aliphatic hydroxyl groups is 1. The Balaban J connectivity index is 2.11. The Bertz CT molecular complexity index is 450. The topological polar surface area (TPSA) is 92.6 Å². The summed E-state index contributed by atoms with van der Waals surface area (Å²) in [4.78, 5) is 12.4.